The number of aromatic nitrogens is 1. The molecular weight excluding hydrogens is 570 g/mol. The van der Waals surface area contributed by atoms with Crippen LogP contribution in [0.1, 0.15) is 100.0 Å². The molecule has 0 aliphatic carbocycles. The first-order chi connectivity index (χ1) is 21.3. The number of ether oxygens (including phenoxy) is 3. The lowest BCUT2D eigenvalue weighted by Gasteiger charge is -2.20. The van der Waals surface area contributed by atoms with Crippen LogP contribution < -0.4 is 20.1 Å². The largest absolute Gasteiger partial charge is 0.514 e. The molecule has 0 unspecified atom stereocenters. The highest BCUT2D eigenvalue weighted by Gasteiger charge is 2.26. The van der Waals surface area contributed by atoms with Crippen LogP contribution in [0.2, 0.25) is 0 Å². The Labute approximate surface area is 266 Å². The topological polar surface area (TPSA) is 116 Å². The summed E-state index contributed by atoms with van der Waals surface area (Å²) in [5, 5.41) is 5.66. The molecule has 3 rings (SSSR count). The van der Waals surface area contributed by atoms with E-state index in [0.29, 0.717) is 17.5 Å². The summed E-state index contributed by atoms with van der Waals surface area (Å²) in [6.45, 7) is 15.9. The summed E-state index contributed by atoms with van der Waals surface area (Å²) in [6, 6.07) is 17.1. The monoisotopic (exact) mass is 615 g/mol. The van der Waals surface area contributed by atoms with E-state index in [1.54, 1.807) is 6.92 Å². The maximum Gasteiger partial charge on any atom is 0.514 e. The summed E-state index contributed by atoms with van der Waals surface area (Å²) in [5.41, 5.74) is 5.62. The average molecular weight is 616 g/mol. The van der Waals surface area contributed by atoms with E-state index in [1.807, 2.05) is 45.0 Å². The maximum absolute atomic E-state index is 13.5. The maximum atomic E-state index is 13.5. The number of carbonyl (C=O) groups excluding carboxylic acids is 3. The van der Waals surface area contributed by atoms with Crippen LogP contribution in [0.5, 0.6) is 11.5 Å². The zero-order valence-electron chi connectivity index (χ0n) is 27.7. The number of nitrogens with one attached hydrogen (secondary N) is 2. The lowest BCUT2D eigenvalue weighted by molar-refractivity contribution is -0.121. The van der Waals surface area contributed by atoms with Gasteiger partial charge in [-0.05, 0) is 53.9 Å². The molecule has 0 aliphatic heterocycles. The Hall–Kier alpha value is -4.66. The Morgan fingerprint density at radius 1 is 0.844 bits per heavy atom. The van der Waals surface area contributed by atoms with E-state index in [0.717, 1.165) is 16.7 Å². The lowest BCUT2D eigenvalue weighted by atomic mass is 9.90. The number of nitrogens with zero attached hydrogens (tertiary/aromatic N) is 1. The van der Waals surface area contributed by atoms with Gasteiger partial charge in [-0.25, -0.2) is 9.78 Å². The van der Waals surface area contributed by atoms with Crippen molar-refractivity contribution in [1.82, 2.24) is 15.6 Å². The van der Waals surface area contributed by atoms with E-state index >= 15 is 0 Å². The van der Waals surface area contributed by atoms with Crippen LogP contribution in [-0.2, 0) is 9.53 Å². The quantitative estimate of drug-likeness (QED) is 0.207. The van der Waals surface area contributed by atoms with Crippen molar-refractivity contribution in [2.75, 3.05) is 13.7 Å². The van der Waals surface area contributed by atoms with E-state index in [2.05, 4.69) is 67.6 Å². The van der Waals surface area contributed by atoms with Gasteiger partial charge in [-0.1, -0.05) is 90.1 Å². The van der Waals surface area contributed by atoms with E-state index < -0.39 is 24.0 Å². The van der Waals surface area contributed by atoms with Gasteiger partial charge in [0.15, 0.2) is 11.4 Å². The number of hydrogen-bond acceptors (Lipinski definition) is 7. The Balaban J connectivity index is 1.90. The SMILES string of the molecule is COc1ccnc(C(=O)N[C@@H](C)C(=O)NC(C)=C(c2cccc(C(C)C)c2)c2cccc(C(C)C)c2)c1OC(=O)OCC(C)C. The summed E-state index contributed by atoms with van der Waals surface area (Å²) in [4.78, 5) is 43.2. The third-order valence-electron chi connectivity index (χ3n) is 7.13. The van der Waals surface area contributed by atoms with Gasteiger partial charge in [-0.3, -0.25) is 9.59 Å². The van der Waals surface area contributed by atoms with Crippen molar-refractivity contribution in [1.29, 1.82) is 0 Å². The Bertz CT molecular complexity index is 1490. The summed E-state index contributed by atoms with van der Waals surface area (Å²) >= 11 is 0. The molecule has 9 heteroatoms. The van der Waals surface area contributed by atoms with Gasteiger partial charge >= 0.3 is 6.16 Å². The zero-order chi connectivity index (χ0) is 33.3. The number of hydrogen-bond donors (Lipinski definition) is 2. The molecule has 0 spiro atoms. The van der Waals surface area contributed by atoms with Crippen molar-refractivity contribution in [3.05, 3.63) is 94.4 Å². The standard InChI is InChI=1S/C36H45N3O6/c1-21(2)20-44-36(42)45-33-30(43-9)16-17-37-32(33)35(41)39-25(8)34(40)38-24(7)31(28-14-10-12-26(18-28)22(3)4)29-15-11-13-27(19-29)23(5)6/h10-19,21-23,25H,20H2,1-9H3,(H,38,40)(H,39,41)/t25-/m0/s1. The Morgan fingerprint density at radius 2 is 1.42 bits per heavy atom. The second kappa shape index (κ2) is 15.9. The summed E-state index contributed by atoms with van der Waals surface area (Å²) in [7, 11) is 1.37. The molecule has 0 radical (unpaired) electrons. The highest BCUT2D eigenvalue weighted by atomic mass is 16.7. The number of benzene rings is 2. The molecule has 2 N–H and O–H groups in total. The van der Waals surface area contributed by atoms with Gasteiger partial charge in [0.2, 0.25) is 11.7 Å². The third-order valence-corrected chi connectivity index (χ3v) is 7.13. The number of carbonyl (C=O) groups is 3. The van der Waals surface area contributed by atoms with Crippen LogP contribution in [0, 0.1) is 5.92 Å². The fraction of sp³-hybridized carbons (Fsp3) is 0.389. The number of allylic oxidation sites excluding steroid dienone is 1. The van der Waals surface area contributed by atoms with Crippen molar-refractivity contribution in [2.24, 2.45) is 5.92 Å². The molecule has 240 valence electrons. The van der Waals surface area contributed by atoms with Gasteiger partial charge in [-0.2, -0.15) is 0 Å². The van der Waals surface area contributed by atoms with Gasteiger partial charge in [0.05, 0.1) is 13.7 Å². The normalized spacial score (nSPS) is 11.6. The van der Waals surface area contributed by atoms with Crippen molar-refractivity contribution in [3.8, 4) is 11.5 Å². The smallest absolute Gasteiger partial charge is 0.493 e. The van der Waals surface area contributed by atoms with E-state index in [1.165, 1.54) is 30.5 Å². The molecule has 2 aromatic carbocycles. The van der Waals surface area contributed by atoms with Gasteiger partial charge < -0.3 is 24.8 Å². The molecule has 0 bridgehead atoms. The molecular formula is C36H45N3O6. The summed E-state index contributed by atoms with van der Waals surface area (Å²) < 4.78 is 15.7. The van der Waals surface area contributed by atoms with Gasteiger partial charge in [-0.15, -0.1) is 0 Å². The van der Waals surface area contributed by atoms with Crippen LogP contribution in [0.15, 0.2) is 66.5 Å². The molecule has 3 aromatic rings. The first-order valence-corrected chi connectivity index (χ1v) is 15.2. The van der Waals surface area contributed by atoms with E-state index in [9.17, 15) is 14.4 Å². The average Bonchev–Trinajstić information content (AvgIpc) is 3.00. The predicted molar refractivity (Wildman–Crippen MR) is 175 cm³/mol. The predicted octanol–water partition coefficient (Wildman–Crippen LogP) is 7.22. The minimum atomic E-state index is -0.994. The van der Waals surface area contributed by atoms with Crippen molar-refractivity contribution in [3.63, 3.8) is 0 Å². The first kappa shape index (κ1) is 34.8. The minimum Gasteiger partial charge on any atom is -0.493 e. The molecule has 2 amide bonds. The number of rotatable bonds is 12. The summed E-state index contributed by atoms with van der Waals surface area (Å²) in [6.07, 6.45) is 0.353. The second-order valence-corrected chi connectivity index (χ2v) is 12.0. The zero-order valence-corrected chi connectivity index (χ0v) is 27.7. The highest BCUT2D eigenvalue weighted by molar-refractivity contribution is 5.99. The van der Waals surface area contributed by atoms with E-state index in [-0.39, 0.29) is 29.7 Å². The molecule has 0 aliphatic rings. The van der Waals surface area contributed by atoms with Crippen LogP contribution in [0.3, 0.4) is 0 Å². The van der Waals surface area contributed by atoms with Gasteiger partial charge in [0, 0.05) is 23.5 Å². The minimum absolute atomic E-state index is 0.0896. The molecule has 0 fully saturated rings. The van der Waals surface area contributed by atoms with Crippen LogP contribution >= 0.6 is 0 Å². The van der Waals surface area contributed by atoms with Gasteiger partial charge in [0.25, 0.3) is 5.91 Å². The first-order valence-electron chi connectivity index (χ1n) is 15.2. The van der Waals surface area contributed by atoms with Crippen molar-refractivity contribution in [2.45, 2.75) is 73.3 Å². The van der Waals surface area contributed by atoms with Crippen LogP contribution in [0.25, 0.3) is 5.57 Å². The number of pyridine rings is 1. The lowest BCUT2D eigenvalue weighted by Crippen LogP contribution is -2.44. The molecule has 1 heterocycles. The number of methoxy groups -OCH3 is 1. The second-order valence-electron chi connectivity index (χ2n) is 12.0. The highest BCUT2D eigenvalue weighted by Crippen LogP contribution is 2.31. The Kier molecular flexibility index (Phi) is 12.3. The van der Waals surface area contributed by atoms with E-state index in [4.69, 9.17) is 14.2 Å². The molecule has 1 atom stereocenters. The number of amides is 2. The van der Waals surface area contributed by atoms with Crippen LogP contribution in [-0.4, -0.2) is 42.7 Å². The Morgan fingerprint density at radius 3 is 1.93 bits per heavy atom. The molecule has 1 aromatic heterocycles. The molecule has 45 heavy (non-hydrogen) atoms. The molecule has 0 saturated heterocycles. The third kappa shape index (κ3) is 9.41. The van der Waals surface area contributed by atoms with Crippen LogP contribution in [0.4, 0.5) is 4.79 Å². The molecule has 0 saturated carbocycles. The summed E-state index contributed by atoms with van der Waals surface area (Å²) in [5.74, 6) is -0.494. The van der Waals surface area contributed by atoms with Gasteiger partial charge in [0.1, 0.15) is 6.04 Å². The molecule has 9 nitrogen and oxygen atoms in total. The van der Waals surface area contributed by atoms with Crippen molar-refractivity contribution >= 4 is 23.5 Å². The fourth-order valence-electron chi connectivity index (χ4n) is 4.59. The van der Waals surface area contributed by atoms with Crippen molar-refractivity contribution < 1.29 is 28.6 Å². The fourth-order valence-corrected chi connectivity index (χ4v) is 4.59.